The second-order valence-electron chi connectivity index (χ2n) is 12.8. The van der Waals surface area contributed by atoms with Gasteiger partial charge in [0.05, 0.1) is 22.9 Å². The molecule has 0 spiro atoms. The molecule has 4 aliphatic rings. The summed E-state index contributed by atoms with van der Waals surface area (Å²) in [6.07, 6.45) is 4.02. The van der Waals surface area contributed by atoms with Gasteiger partial charge in [-0.2, -0.15) is 0 Å². The number of carbonyl (C=O) groups excluding carboxylic acids is 4. The highest BCUT2D eigenvalue weighted by molar-refractivity contribution is 6.33. The number of phenols is 1. The summed E-state index contributed by atoms with van der Waals surface area (Å²) in [7, 11) is 0. The third kappa shape index (κ3) is 4.24. The van der Waals surface area contributed by atoms with Crippen molar-refractivity contribution in [2.24, 2.45) is 23.7 Å². The molecule has 0 radical (unpaired) electrons. The molecular weight excluding hydrogens is 610 g/mol. The minimum atomic E-state index is -1.38. The number of nitrogens with zero attached hydrogens (tertiary/aromatic N) is 1. The van der Waals surface area contributed by atoms with Gasteiger partial charge >= 0.3 is 0 Å². The van der Waals surface area contributed by atoms with Crippen molar-refractivity contribution in [2.75, 3.05) is 4.90 Å². The van der Waals surface area contributed by atoms with Crippen LogP contribution >= 0.6 is 11.6 Å². The van der Waals surface area contributed by atoms with Crippen LogP contribution in [0.2, 0.25) is 5.02 Å². The molecule has 2 amide bonds. The van der Waals surface area contributed by atoms with E-state index in [-0.39, 0.29) is 40.6 Å². The van der Waals surface area contributed by atoms with Crippen LogP contribution in [0.4, 0.5) is 5.69 Å². The number of para-hydroxylation sites is 1. The van der Waals surface area contributed by atoms with Gasteiger partial charge in [-0.25, -0.2) is 0 Å². The smallest absolute Gasteiger partial charge is 0.238 e. The third-order valence-electron chi connectivity index (χ3n) is 10.7. The van der Waals surface area contributed by atoms with Crippen LogP contribution in [0.15, 0.2) is 127 Å². The molecule has 4 aromatic rings. The summed E-state index contributed by atoms with van der Waals surface area (Å²) in [5.74, 6) is -4.36. The number of hydrogen-bond acceptors (Lipinski definition) is 5. The molecule has 8 rings (SSSR count). The SMILES string of the molecule is O=C1C(c2ccccc2)=CC(=O)[C@@]2(c3ccccc3)[C@@H](c3ccc(O)cc3Cl)C3=CC[C@@H]4C(=O)N(c5ccccc5)C(=O)[C@@H]4[C@@H]3C[C@@H]12. The molecule has 1 heterocycles. The van der Waals surface area contributed by atoms with Crippen molar-refractivity contribution in [3.8, 4) is 5.75 Å². The Labute approximate surface area is 277 Å². The Hall–Kier alpha value is -5.07. The number of aromatic hydroxyl groups is 1. The summed E-state index contributed by atoms with van der Waals surface area (Å²) >= 11 is 6.92. The van der Waals surface area contributed by atoms with Crippen LogP contribution in [-0.4, -0.2) is 28.5 Å². The Kier molecular flexibility index (Phi) is 6.88. The molecule has 4 aromatic carbocycles. The Bertz CT molecular complexity index is 2020. The lowest BCUT2D eigenvalue weighted by Gasteiger charge is -2.55. The van der Waals surface area contributed by atoms with Gasteiger partial charge in [0, 0.05) is 22.4 Å². The fourth-order valence-electron chi connectivity index (χ4n) is 8.80. The fraction of sp³-hybridized carbons (Fsp3) is 0.200. The lowest BCUT2D eigenvalue weighted by atomic mass is 9.44. The molecule has 1 N–H and O–H groups in total. The Morgan fingerprint density at radius 3 is 2.11 bits per heavy atom. The van der Waals surface area contributed by atoms with Gasteiger partial charge in [-0.1, -0.05) is 108 Å². The first kappa shape index (κ1) is 29.3. The number of anilines is 1. The summed E-state index contributed by atoms with van der Waals surface area (Å²) in [5, 5.41) is 10.6. The molecule has 1 saturated heterocycles. The van der Waals surface area contributed by atoms with Gasteiger partial charge in [0.25, 0.3) is 0 Å². The first-order valence-corrected chi connectivity index (χ1v) is 16.2. The Balaban J connectivity index is 1.38. The predicted molar refractivity (Wildman–Crippen MR) is 179 cm³/mol. The minimum Gasteiger partial charge on any atom is -0.508 e. The molecule has 6 atom stereocenters. The number of halogens is 1. The summed E-state index contributed by atoms with van der Waals surface area (Å²) in [6, 6.07) is 32.2. The van der Waals surface area contributed by atoms with Crippen molar-refractivity contribution >= 4 is 46.2 Å². The number of rotatable bonds is 4. The second-order valence-corrected chi connectivity index (χ2v) is 13.2. The van der Waals surface area contributed by atoms with Crippen LogP contribution in [0, 0.1) is 23.7 Å². The lowest BCUT2D eigenvalue weighted by molar-refractivity contribution is -0.135. The topological polar surface area (TPSA) is 91.8 Å². The van der Waals surface area contributed by atoms with E-state index in [1.54, 1.807) is 30.3 Å². The van der Waals surface area contributed by atoms with E-state index in [1.807, 2.05) is 72.8 Å². The summed E-state index contributed by atoms with van der Waals surface area (Å²) in [6.45, 7) is 0. The predicted octanol–water partition coefficient (Wildman–Crippen LogP) is 7.07. The van der Waals surface area contributed by atoms with Crippen LogP contribution in [0.1, 0.15) is 35.4 Å². The molecule has 232 valence electrons. The van der Waals surface area contributed by atoms with Gasteiger partial charge in [0.2, 0.25) is 11.8 Å². The maximum Gasteiger partial charge on any atom is 0.238 e. The van der Waals surface area contributed by atoms with Crippen LogP contribution in [0.3, 0.4) is 0 Å². The van der Waals surface area contributed by atoms with Gasteiger partial charge in [-0.15, -0.1) is 0 Å². The standard InChI is InChI=1S/C40H30ClNO5/c41-33-20-26(43)16-17-28(33)36-27-18-19-29-35(39(47)42(38(29)46)25-14-8-3-9-15-25)31(27)21-32-37(45)30(23-10-4-1-5-11-23)22-34(44)40(32,36)24-12-6-2-7-13-24/h1-18,20,22,29,31-32,35-36,43H,19,21H2/t29-,31+,32-,35-,36+,40-/m0/s1. The zero-order chi connectivity index (χ0) is 32.4. The Morgan fingerprint density at radius 2 is 1.43 bits per heavy atom. The molecule has 47 heavy (non-hydrogen) atoms. The number of fused-ring (bicyclic) bond motifs is 4. The molecule has 7 heteroatoms. The summed E-state index contributed by atoms with van der Waals surface area (Å²) < 4.78 is 0. The third-order valence-corrected chi connectivity index (χ3v) is 11.0. The Morgan fingerprint density at radius 1 is 0.766 bits per heavy atom. The number of imide groups is 1. The second kappa shape index (κ2) is 11.0. The van der Waals surface area contributed by atoms with Crippen molar-refractivity contribution in [3.05, 3.63) is 149 Å². The van der Waals surface area contributed by atoms with Gasteiger partial charge in [-0.3, -0.25) is 24.1 Å². The highest BCUT2D eigenvalue weighted by atomic mass is 35.5. The van der Waals surface area contributed by atoms with Crippen LogP contribution < -0.4 is 4.90 Å². The fourth-order valence-corrected chi connectivity index (χ4v) is 9.08. The van der Waals surface area contributed by atoms with Crippen LogP contribution in [-0.2, 0) is 24.6 Å². The van der Waals surface area contributed by atoms with Gasteiger partial charge in [0.15, 0.2) is 11.6 Å². The highest BCUT2D eigenvalue weighted by Gasteiger charge is 2.66. The van der Waals surface area contributed by atoms with Crippen molar-refractivity contribution < 1.29 is 24.3 Å². The lowest BCUT2D eigenvalue weighted by Crippen LogP contribution is -2.58. The first-order valence-electron chi connectivity index (χ1n) is 15.8. The summed E-state index contributed by atoms with van der Waals surface area (Å²) in [4.78, 5) is 59.5. The van der Waals surface area contributed by atoms with Gasteiger partial charge < -0.3 is 5.11 Å². The monoisotopic (exact) mass is 639 g/mol. The van der Waals surface area contributed by atoms with E-state index in [9.17, 15) is 19.5 Å². The van der Waals surface area contributed by atoms with E-state index in [1.165, 1.54) is 23.1 Å². The normalized spacial score (nSPS) is 28.3. The van der Waals surface area contributed by atoms with Gasteiger partial charge in [0.1, 0.15) is 5.75 Å². The molecule has 1 saturated carbocycles. The van der Waals surface area contributed by atoms with Gasteiger partial charge in [-0.05, 0) is 65.8 Å². The minimum absolute atomic E-state index is 0.0264. The molecule has 0 bridgehead atoms. The number of hydrogen-bond donors (Lipinski definition) is 1. The quantitative estimate of drug-likeness (QED) is 0.190. The van der Waals surface area contributed by atoms with Crippen molar-refractivity contribution in [3.63, 3.8) is 0 Å². The van der Waals surface area contributed by atoms with Crippen LogP contribution in [0.5, 0.6) is 5.75 Å². The number of Topliss-reactive ketones (excluding diaryl/α,β-unsaturated/α-hetero) is 1. The maximum absolute atomic E-state index is 15.0. The molecular formula is C40H30ClNO5. The van der Waals surface area contributed by atoms with Crippen LogP contribution in [0.25, 0.3) is 5.57 Å². The van der Waals surface area contributed by atoms with E-state index < -0.39 is 35.0 Å². The van der Waals surface area contributed by atoms with E-state index in [0.717, 1.165) is 5.57 Å². The molecule has 6 nitrogen and oxygen atoms in total. The average molecular weight is 640 g/mol. The summed E-state index contributed by atoms with van der Waals surface area (Å²) in [5.41, 5.74) is 2.22. The molecule has 0 aromatic heterocycles. The van der Waals surface area contributed by atoms with E-state index in [4.69, 9.17) is 11.6 Å². The number of benzene rings is 4. The average Bonchev–Trinajstić information content (AvgIpc) is 3.36. The molecule has 1 aliphatic heterocycles. The molecule has 2 fully saturated rings. The largest absolute Gasteiger partial charge is 0.508 e. The van der Waals surface area contributed by atoms with E-state index >= 15 is 4.79 Å². The molecule has 3 aliphatic carbocycles. The molecule has 0 unspecified atom stereocenters. The van der Waals surface area contributed by atoms with E-state index in [2.05, 4.69) is 0 Å². The van der Waals surface area contributed by atoms with Crippen molar-refractivity contribution in [1.82, 2.24) is 0 Å². The number of amides is 2. The zero-order valence-electron chi connectivity index (χ0n) is 25.3. The number of phenolic OH excluding ortho intramolecular Hbond substituents is 1. The number of allylic oxidation sites excluding steroid dienone is 4. The first-order chi connectivity index (χ1) is 22.8. The zero-order valence-corrected chi connectivity index (χ0v) is 26.0. The number of carbonyl (C=O) groups is 4. The maximum atomic E-state index is 15.0. The number of ketones is 2. The van der Waals surface area contributed by atoms with E-state index in [0.29, 0.717) is 34.4 Å². The van der Waals surface area contributed by atoms with Crippen molar-refractivity contribution in [1.29, 1.82) is 0 Å². The highest BCUT2D eigenvalue weighted by Crippen LogP contribution is 2.64. The van der Waals surface area contributed by atoms with Crippen molar-refractivity contribution in [2.45, 2.75) is 24.2 Å².